The molecule has 0 bridgehead atoms. The minimum atomic E-state index is -0.560. The van der Waals surface area contributed by atoms with Gasteiger partial charge in [0, 0.05) is 35.7 Å². The number of carbonyl (C=O) groups is 1. The fourth-order valence-electron chi connectivity index (χ4n) is 3.63. The van der Waals surface area contributed by atoms with Gasteiger partial charge in [0.05, 0.1) is 16.2 Å². The van der Waals surface area contributed by atoms with E-state index in [1.807, 2.05) is 29.3 Å². The fraction of sp³-hybridized carbons (Fsp3) is 0.0500. The van der Waals surface area contributed by atoms with Gasteiger partial charge in [0.1, 0.15) is 6.04 Å². The number of nitro benzene ring substituents is 1. The van der Waals surface area contributed by atoms with Crippen LogP contribution < -0.4 is 0 Å². The number of fused-ring (bicyclic) bond motifs is 4. The Kier molecular flexibility index (Phi) is 3.17. The molecule has 2 aliphatic heterocycles. The second-order valence-corrected chi connectivity index (χ2v) is 6.31. The average molecular weight is 356 g/mol. The highest BCUT2D eigenvalue weighted by atomic mass is 16.6. The van der Waals surface area contributed by atoms with E-state index in [4.69, 9.17) is 0 Å². The molecule has 0 spiro atoms. The Bertz CT molecular complexity index is 1130. The first kappa shape index (κ1) is 15.4. The van der Waals surface area contributed by atoms with E-state index in [0.717, 1.165) is 11.3 Å². The Labute approximate surface area is 153 Å². The van der Waals surface area contributed by atoms with Gasteiger partial charge in [0.2, 0.25) is 5.96 Å². The van der Waals surface area contributed by atoms with Crippen LogP contribution in [0.1, 0.15) is 27.5 Å². The van der Waals surface area contributed by atoms with Gasteiger partial charge in [-0.05, 0) is 23.8 Å². The van der Waals surface area contributed by atoms with Crippen molar-refractivity contribution >= 4 is 29.3 Å². The van der Waals surface area contributed by atoms with Gasteiger partial charge in [0.25, 0.3) is 5.69 Å². The minimum absolute atomic E-state index is 0.00213. The number of non-ortho nitro benzene ring substituents is 1. The monoisotopic (exact) mass is 356 g/mol. The van der Waals surface area contributed by atoms with Gasteiger partial charge in [-0.15, -0.1) is 0 Å². The van der Waals surface area contributed by atoms with Crippen molar-refractivity contribution in [3.8, 4) is 0 Å². The molecule has 0 saturated heterocycles. The van der Waals surface area contributed by atoms with Crippen molar-refractivity contribution in [1.82, 2.24) is 4.90 Å². The van der Waals surface area contributed by atoms with Crippen LogP contribution in [0.5, 0.6) is 0 Å². The molecule has 0 N–H and O–H groups in total. The summed E-state index contributed by atoms with van der Waals surface area (Å²) >= 11 is 0. The molecule has 7 heteroatoms. The lowest BCUT2D eigenvalue weighted by Gasteiger charge is -2.31. The van der Waals surface area contributed by atoms with E-state index in [1.54, 1.807) is 30.5 Å². The van der Waals surface area contributed by atoms with Gasteiger partial charge in [-0.3, -0.25) is 19.8 Å². The highest BCUT2D eigenvalue weighted by molar-refractivity contribution is 6.23. The van der Waals surface area contributed by atoms with Crippen LogP contribution in [0, 0.1) is 10.1 Å². The number of nitro groups is 1. The third-order valence-corrected chi connectivity index (χ3v) is 4.83. The molecule has 2 aromatic carbocycles. The van der Waals surface area contributed by atoms with Crippen LogP contribution in [-0.4, -0.2) is 27.8 Å². The topological polar surface area (TPSA) is 88.2 Å². The molecule has 130 valence electrons. The number of rotatable bonds is 2. The number of guanidine groups is 1. The number of hydrogen-bond donors (Lipinski definition) is 0. The van der Waals surface area contributed by atoms with E-state index in [-0.39, 0.29) is 11.5 Å². The smallest absolute Gasteiger partial charge is 0.269 e. The van der Waals surface area contributed by atoms with Crippen molar-refractivity contribution in [1.29, 1.82) is 0 Å². The molecule has 0 radical (unpaired) electrons. The van der Waals surface area contributed by atoms with E-state index in [0.29, 0.717) is 22.7 Å². The summed E-state index contributed by atoms with van der Waals surface area (Å²) in [7, 11) is 0. The molecule has 1 aliphatic carbocycles. The second-order valence-electron chi connectivity index (χ2n) is 6.31. The number of Topliss-reactive ketones (excluding diaryl/α,β-unsaturated/α-hetero) is 1. The standard InChI is InChI=1S/C20H12N4O3/c25-19-15-5-2-1-4-14(15)18-16(19)17(22-20-21-10-3-11-23(18)20)12-6-8-13(9-7-12)24(26)27/h1-11,17H. The van der Waals surface area contributed by atoms with E-state index in [2.05, 4.69) is 9.98 Å². The van der Waals surface area contributed by atoms with Crippen LogP contribution in [0.25, 0.3) is 5.70 Å². The second kappa shape index (κ2) is 5.57. The quantitative estimate of drug-likeness (QED) is 0.608. The van der Waals surface area contributed by atoms with Crippen LogP contribution >= 0.6 is 0 Å². The molecule has 1 unspecified atom stereocenters. The third-order valence-electron chi connectivity index (χ3n) is 4.83. The molecule has 0 amide bonds. The molecule has 3 aliphatic rings. The summed E-state index contributed by atoms with van der Waals surface area (Å²) in [5, 5.41) is 10.9. The van der Waals surface area contributed by atoms with Gasteiger partial charge in [-0.2, -0.15) is 0 Å². The maximum atomic E-state index is 13.1. The van der Waals surface area contributed by atoms with Crippen LogP contribution in [-0.2, 0) is 0 Å². The van der Waals surface area contributed by atoms with E-state index >= 15 is 0 Å². The molecule has 1 atom stereocenters. The Morgan fingerprint density at radius 1 is 1.04 bits per heavy atom. The summed E-state index contributed by atoms with van der Waals surface area (Å²) in [6.07, 6.45) is 5.28. The average Bonchev–Trinajstić information content (AvgIpc) is 3.01. The number of hydrogen-bond acceptors (Lipinski definition) is 6. The number of carbonyl (C=O) groups excluding carboxylic acids is 1. The largest absolute Gasteiger partial charge is 0.289 e. The molecule has 5 rings (SSSR count). The Hall–Kier alpha value is -3.87. The number of ketones is 1. The van der Waals surface area contributed by atoms with E-state index < -0.39 is 11.0 Å². The number of allylic oxidation sites excluding steroid dienone is 1. The lowest BCUT2D eigenvalue weighted by Crippen LogP contribution is -2.30. The summed E-state index contributed by atoms with van der Waals surface area (Å²) in [5.74, 6) is 0.416. The van der Waals surface area contributed by atoms with Gasteiger partial charge < -0.3 is 0 Å². The lowest BCUT2D eigenvalue weighted by atomic mass is 9.94. The summed E-state index contributed by atoms with van der Waals surface area (Å²) in [5.41, 5.74) is 3.53. The molecule has 2 heterocycles. The van der Waals surface area contributed by atoms with Crippen molar-refractivity contribution in [3.63, 3.8) is 0 Å². The zero-order valence-corrected chi connectivity index (χ0v) is 13.9. The highest BCUT2D eigenvalue weighted by Gasteiger charge is 2.41. The van der Waals surface area contributed by atoms with Crippen LogP contribution in [0.4, 0.5) is 5.69 Å². The highest BCUT2D eigenvalue weighted by Crippen LogP contribution is 2.46. The van der Waals surface area contributed by atoms with E-state index in [9.17, 15) is 14.9 Å². The Morgan fingerprint density at radius 2 is 1.78 bits per heavy atom. The molecule has 7 nitrogen and oxygen atoms in total. The van der Waals surface area contributed by atoms with Crippen LogP contribution in [0.15, 0.2) is 76.4 Å². The predicted molar refractivity (Wildman–Crippen MR) is 100 cm³/mol. The zero-order chi connectivity index (χ0) is 18.5. The van der Waals surface area contributed by atoms with Gasteiger partial charge >= 0.3 is 0 Å². The molecular weight excluding hydrogens is 344 g/mol. The van der Waals surface area contributed by atoms with E-state index in [1.165, 1.54) is 12.1 Å². The number of aliphatic imine (C=N–C) groups is 2. The summed E-state index contributed by atoms with van der Waals surface area (Å²) in [4.78, 5) is 34.5. The fourth-order valence-corrected chi connectivity index (χ4v) is 3.63. The zero-order valence-electron chi connectivity index (χ0n) is 13.9. The molecular formula is C20H12N4O3. The Morgan fingerprint density at radius 3 is 2.52 bits per heavy atom. The first-order chi connectivity index (χ1) is 13.1. The van der Waals surface area contributed by atoms with Crippen molar-refractivity contribution in [2.45, 2.75) is 6.04 Å². The van der Waals surface area contributed by atoms with Crippen LogP contribution in [0.3, 0.4) is 0 Å². The van der Waals surface area contributed by atoms with Crippen molar-refractivity contribution < 1.29 is 9.72 Å². The van der Waals surface area contributed by atoms with Crippen molar-refractivity contribution in [2.75, 3.05) is 0 Å². The maximum absolute atomic E-state index is 13.1. The lowest BCUT2D eigenvalue weighted by molar-refractivity contribution is -0.384. The van der Waals surface area contributed by atoms with Crippen molar-refractivity contribution in [2.24, 2.45) is 9.98 Å². The summed E-state index contributed by atoms with van der Waals surface area (Å²) < 4.78 is 0. The van der Waals surface area contributed by atoms with Crippen LogP contribution in [0.2, 0.25) is 0 Å². The molecule has 0 aromatic heterocycles. The number of benzene rings is 2. The SMILES string of the molecule is O=C1C2=C(c3ccccc31)N1C=CC=NC1=NC2c1ccc([N+](=O)[O-])cc1. The first-order valence-electron chi connectivity index (χ1n) is 8.35. The third kappa shape index (κ3) is 2.18. The summed E-state index contributed by atoms with van der Waals surface area (Å²) in [6, 6.07) is 13.0. The van der Waals surface area contributed by atoms with Gasteiger partial charge in [-0.25, -0.2) is 9.98 Å². The molecule has 2 aromatic rings. The molecule has 0 saturated carbocycles. The first-order valence-corrected chi connectivity index (χ1v) is 8.35. The minimum Gasteiger partial charge on any atom is -0.289 e. The Balaban J connectivity index is 1.70. The molecule has 27 heavy (non-hydrogen) atoms. The van der Waals surface area contributed by atoms with Gasteiger partial charge in [-0.1, -0.05) is 24.3 Å². The number of nitrogens with zero attached hydrogens (tertiary/aromatic N) is 4. The summed E-state index contributed by atoms with van der Waals surface area (Å²) in [6.45, 7) is 0. The molecule has 0 fully saturated rings. The normalized spacial score (nSPS) is 19.6. The van der Waals surface area contributed by atoms with Crippen molar-refractivity contribution in [3.05, 3.63) is 93.2 Å². The van der Waals surface area contributed by atoms with Gasteiger partial charge in [0.15, 0.2) is 5.78 Å². The maximum Gasteiger partial charge on any atom is 0.269 e. The predicted octanol–water partition coefficient (Wildman–Crippen LogP) is 3.51.